The summed E-state index contributed by atoms with van der Waals surface area (Å²) in [4.78, 5) is 21.7. The highest BCUT2D eigenvalue weighted by Crippen LogP contribution is 2.50. The third kappa shape index (κ3) is 5.29. The molecule has 0 aliphatic carbocycles. The van der Waals surface area contributed by atoms with E-state index < -0.39 is 23.3 Å². The fraction of sp³-hybridized carbons (Fsp3) is 0.417. The molecule has 0 aliphatic heterocycles. The van der Waals surface area contributed by atoms with E-state index in [0.29, 0.717) is 0 Å². The Morgan fingerprint density at radius 2 is 1.95 bits per heavy atom. The van der Waals surface area contributed by atoms with E-state index in [1.165, 1.54) is 38.1 Å². The quantitative estimate of drug-likeness (QED) is 0.348. The van der Waals surface area contributed by atoms with Gasteiger partial charge in [-0.3, -0.25) is 14.9 Å². The standard InChI is InChI=1S/C12H16ClN2O6P/c1-4-20-11(16)12(2,3)14-22(13,19)21-10-7-5-9(6-8-10)15(17)18/h5-8H,4H2,1-3H3,(H,14,19). The van der Waals surface area contributed by atoms with Crippen LogP contribution in [0.5, 0.6) is 5.75 Å². The van der Waals surface area contributed by atoms with E-state index in [4.69, 9.17) is 20.5 Å². The second-order valence-corrected chi connectivity index (χ2v) is 7.48. The van der Waals surface area contributed by atoms with E-state index in [9.17, 15) is 19.5 Å². The summed E-state index contributed by atoms with van der Waals surface area (Å²) in [7, 11) is 0. The Balaban J connectivity index is 2.80. The van der Waals surface area contributed by atoms with Gasteiger partial charge < -0.3 is 9.26 Å². The first kappa shape index (κ1) is 18.4. The van der Waals surface area contributed by atoms with Crippen molar-refractivity contribution in [2.75, 3.05) is 6.61 Å². The molecule has 0 fully saturated rings. The average molecular weight is 351 g/mol. The van der Waals surface area contributed by atoms with Gasteiger partial charge in [-0.15, -0.1) is 0 Å². The van der Waals surface area contributed by atoms with Crippen LogP contribution in [0.15, 0.2) is 24.3 Å². The van der Waals surface area contributed by atoms with Gasteiger partial charge in [-0.1, -0.05) is 0 Å². The van der Waals surface area contributed by atoms with Gasteiger partial charge >= 0.3 is 12.8 Å². The van der Waals surface area contributed by atoms with Crippen LogP contribution in [0.4, 0.5) is 5.69 Å². The van der Waals surface area contributed by atoms with Crippen molar-refractivity contribution in [3.8, 4) is 5.75 Å². The van der Waals surface area contributed by atoms with Crippen molar-refractivity contribution in [1.29, 1.82) is 0 Å². The Hall–Kier alpha value is -1.63. The predicted molar refractivity (Wildman–Crippen MR) is 81.0 cm³/mol. The van der Waals surface area contributed by atoms with Crippen LogP contribution in [0.1, 0.15) is 20.8 Å². The number of esters is 1. The highest BCUT2D eigenvalue weighted by molar-refractivity contribution is 7.84. The maximum Gasteiger partial charge on any atom is 0.410 e. The Morgan fingerprint density at radius 1 is 1.41 bits per heavy atom. The van der Waals surface area contributed by atoms with E-state index in [-0.39, 0.29) is 18.0 Å². The number of halogens is 1. The minimum absolute atomic E-state index is 0.0658. The van der Waals surface area contributed by atoms with Gasteiger partial charge in [0.15, 0.2) is 0 Å². The second kappa shape index (κ2) is 7.09. The SMILES string of the molecule is CCOC(=O)C(C)(C)NP(=O)(Cl)Oc1ccc([N+](=O)[O-])cc1. The van der Waals surface area contributed by atoms with Crippen LogP contribution in [0.25, 0.3) is 0 Å². The summed E-state index contributed by atoms with van der Waals surface area (Å²) in [6.07, 6.45) is 0. The third-order valence-electron chi connectivity index (χ3n) is 2.47. The predicted octanol–water partition coefficient (Wildman–Crippen LogP) is 3.25. The van der Waals surface area contributed by atoms with Crippen molar-refractivity contribution < 1.29 is 23.5 Å². The summed E-state index contributed by atoms with van der Waals surface area (Å²) in [6, 6.07) is 4.88. The van der Waals surface area contributed by atoms with Crippen molar-refractivity contribution in [3.63, 3.8) is 0 Å². The number of nitrogens with zero attached hydrogens (tertiary/aromatic N) is 1. The van der Waals surface area contributed by atoms with E-state index >= 15 is 0 Å². The largest absolute Gasteiger partial charge is 0.465 e. The Kier molecular flexibility index (Phi) is 5.93. The van der Waals surface area contributed by atoms with Gasteiger partial charge in [0.25, 0.3) is 5.69 Å². The number of carbonyl (C=O) groups excluding carboxylic acids is 1. The van der Waals surface area contributed by atoms with Crippen LogP contribution >= 0.6 is 18.1 Å². The van der Waals surface area contributed by atoms with Gasteiger partial charge in [0.05, 0.1) is 11.5 Å². The molecule has 0 aromatic heterocycles. The van der Waals surface area contributed by atoms with Crippen LogP contribution in [-0.2, 0) is 14.1 Å². The normalized spacial score (nSPS) is 14.0. The van der Waals surface area contributed by atoms with Crippen molar-refractivity contribution in [2.45, 2.75) is 26.3 Å². The molecular weight excluding hydrogens is 335 g/mol. The number of non-ortho nitro benzene ring substituents is 1. The lowest BCUT2D eigenvalue weighted by Crippen LogP contribution is -2.45. The van der Waals surface area contributed by atoms with Crippen LogP contribution in [0.3, 0.4) is 0 Å². The Bertz CT molecular complexity index is 604. The number of hydrogen-bond donors (Lipinski definition) is 1. The lowest BCUT2D eigenvalue weighted by Gasteiger charge is -2.26. The fourth-order valence-corrected chi connectivity index (χ4v) is 3.55. The average Bonchev–Trinajstić information content (AvgIpc) is 2.37. The molecule has 1 unspecified atom stereocenters. The summed E-state index contributed by atoms with van der Waals surface area (Å²) in [5.74, 6) is -0.570. The Morgan fingerprint density at radius 3 is 2.41 bits per heavy atom. The van der Waals surface area contributed by atoms with Crippen molar-refractivity contribution in [1.82, 2.24) is 5.09 Å². The summed E-state index contributed by atoms with van der Waals surface area (Å²) < 4.78 is 22.1. The number of nitro groups is 1. The highest BCUT2D eigenvalue weighted by atomic mass is 35.7. The maximum atomic E-state index is 12.2. The number of rotatable bonds is 7. The molecule has 1 aromatic carbocycles. The maximum absolute atomic E-state index is 12.2. The zero-order valence-electron chi connectivity index (χ0n) is 12.2. The molecule has 1 atom stereocenters. The fourth-order valence-electron chi connectivity index (χ4n) is 1.48. The molecule has 0 spiro atoms. The van der Waals surface area contributed by atoms with Gasteiger partial charge in [0, 0.05) is 23.4 Å². The summed E-state index contributed by atoms with van der Waals surface area (Å²) >= 11 is 5.78. The Labute approximate surface area is 132 Å². The number of hydrogen-bond acceptors (Lipinski definition) is 6. The molecule has 1 aromatic rings. The zero-order chi connectivity index (χ0) is 17.0. The number of benzene rings is 1. The van der Waals surface area contributed by atoms with E-state index in [0.717, 1.165) is 0 Å². The molecule has 10 heteroatoms. The van der Waals surface area contributed by atoms with Crippen molar-refractivity contribution >= 4 is 29.8 Å². The summed E-state index contributed by atoms with van der Waals surface area (Å²) in [5, 5.41) is 12.9. The molecule has 0 saturated carbocycles. The topological polar surface area (TPSA) is 108 Å². The zero-order valence-corrected chi connectivity index (χ0v) is 13.9. The van der Waals surface area contributed by atoms with Crippen molar-refractivity contribution in [2.24, 2.45) is 0 Å². The van der Waals surface area contributed by atoms with Crippen molar-refractivity contribution in [3.05, 3.63) is 34.4 Å². The number of ether oxygens (including phenoxy) is 1. The monoisotopic (exact) mass is 350 g/mol. The molecule has 0 heterocycles. The third-order valence-corrected chi connectivity index (χ3v) is 4.20. The number of carbonyl (C=O) groups is 1. The minimum Gasteiger partial charge on any atom is -0.465 e. The molecule has 1 rings (SSSR count). The molecule has 22 heavy (non-hydrogen) atoms. The summed E-state index contributed by atoms with van der Waals surface area (Å²) in [6.45, 7) is 0.793. The molecule has 0 saturated heterocycles. The van der Waals surface area contributed by atoms with E-state index in [2.05, 4.69) is 5.09 Å². The van der Waals surface area contributed by atoms with Crippen LogP contribution in [-0.4, -0.2) is 23.0 Å². The minimum atomic E-state index is -3.90. The van der Waals surface area contributed by atoms with Gasteiger partial charge in [-0.25, -0.2) is 9.65 Å². The van der Waals surface area contributed by atoms with E-state index in [1.807, 2.05) is 0 Å². The molecule has 1 N–H and O–H groups in total. The lowest BCUT2D eigenvalue weighted by atomic mass is 10.1. The molecule has 122 valence electrons. The second-order valence-electron chi connectivity index (χ2n) is 4.78. The summed E-state index contributed by atoms with van der Waals surface area (Å²) in [5.41, 5.74) is -1.47. The number of nitrogens with one attached hydrogen (secondary N) is 1. The van der Waals surface area contributed by atoms with Crippen LogP contribution in [0, 0.1) is 10.1 Å². The molecular formula is C12H16ClN2O6P. The first-order valence-electron chi connectivity index (χ1n) is 6.28. The lowest BCUT2D eigenvalue weighted by molar-refractivity contribution is -0.384. The number of nitro benzene ring substituents is 1. The first-order valence-corrected chi connectivity index (χ1v) is 8.81. The molecule has 0 aliphatic rings. The van der Waals surface area contributed by atoms with Crippen LogP contribution in [0.2, 0.25) is 0 Å². The molecule has 0 radical (unpaired) electrons. The van der Waals surface area contributed by atoms with Crippen LogP contribution < -0.4 is 9.61 Å². The van der Waals surface area contributed by atoms with Gasteiger partial charge in [-0.2, -0.15) is 0 Å². The van der Waals surface area contributed by atoms with Gasteiger partial charge in [0.2, 0.25) is 0 Å². The smallest absolute Gasteiger partial charge is 0.410 e. The molecule has 8 nitrogen and oxygen atoms in total. The van der Waals surface area contributed by atoms with E-state index in [1.54, 1.807) is 6.92 Å². The molecule has 0 bridgehead atoms. The highest BCUT2D eigenvalue weighted by Gasteiger charge is 2.37. The first-order chi connectivity index (χ1) is 10.1. The van der Waals surface area contributed by atoms with Gasteiger partial charge in [0.1, 0.15) is 11.3 Å². The molecule has 0 amide bonds. The van der Waals surface area contributed by atoms with Gasteiger partial charge in [-0.05, 0) is 32.9 Å².